The summed E-state index contributed by atoms with van der Waals surface area (Å²) in [5, 5.41) is 2.64. The molecular formula is C27H31F3N4O. The van der Waals surface area contributed by atoms with Gasteiger partial charge in [-0.05, 0) is 56.7 Å². The number of hydrogen-bond acceptors (Lipinski definition) is 3. The van der Waals surface area contributed by atoms with Crippen LogP contribution in [0.5, 0.6) is 0 Å². The number of carbonyl (C=O) groups is 1. The van der Waals surface area contributed by atoms with Gasteiger partial charge in [-0.2, -0.15) is 13.2 Å². The molecule has 1 N–H and O–H groups in total. The second-order valence-corrected chi connectivity index (χ2v) is 9.88. The van der Waals surface area contributed by atoms with Crippen molar-refractivity contribution in [3.8, 4) is 0 Å². The highest BCUT2D eigenvalue weighted by Crippen LogP contribution is 2.42. The number of para-hydroxylation sites is 2. The number of halogens is 3. The van der Waals surface area contributed by atoms with Crippen LogP contribution in [0.1, 0.15) is 62.0 Å². The van der Waals surface area contributed by atoms with Crippen LogP contribution >= 0.6 is 0 Å². The van der Waals surface area contributed by atoms with E-state index >= 15 is 0 Å². The van der Waals surface area contributed by atoms with Crippen molar-refractivity contribution in [2.75, 3.05) is 6.54 Å². The van der Waals surface area contributed by atoms with Gasteiger partial charge in [0, 0.05) is 24.7 Å². The maximum atomic E-state index is 12.7. The summed E-state index contributed by atoms with van der Waals surface area (Å²) in [5.41, 5.74) is 3.05. The standard InChI is InChI=1S/C27H31F3N4O/c1-18-31-24-9-5-6-10-25(24)34(18)22-15-20-11-12-21(16-22)33(20)14-13-23(19-7-3-2-4-8-19)32-26(35)17-27(28,29)30/h2-10,20-23H,11-17H2,1H3,(H,32,35)/t20-,21+,22?,23-/m0/s1. The normalized spacial score (nSPS) is 23.5. The number of fused-ring (bicyclic) bond motifs is 3. The molecule has 0 aliphatic carbocycles. The van der Waals surface area contributed by atoms with E-state index in [0.717, 1.165) is 49.1 Å². The summed E-state index contributed by atoms with van der Waals surface area (Å²) in [4.78, 5) is 19.4. The number of aromatic nitrogens is 2. The first-order valence-corrected chi connectivity index (χ1v) is 12.4. The maximum absolute atomic E-state index is 12.7. The molecule has 0 radical (unpaired) electrons. The van der Waals surface area contributed by atoms with Crippen molar-refractivity contribution >= 4 is 16.9 Å². The molecule has 0 saturated carbocycles. The fourth-order valence-electron chi connectivity index (χ4n) is 6.16. The van der Waals surface area contributed by atoms with Crippen LogP contribution in [0.15, 0.2) is 54.6 Å². The fourth-order valence-corrected chi connectivity index (χ4v) is 6.16. The molecule has 5 rings (SSSR count). The summed E-state index contributed by atoms with van der Waals surface area (Å²) >= 11 is 0. The molecule has 1 unspecified atom stereocenters. The fraction of sp³-hybridized carbons (Fsp3) is 0.481. The molecule has 2 bridgehead atoms. The first-order valence-electron chi connectivity index (χ1n) is 12.4. The van der Waals surface area contributed by atoms with Gasteiger partial charge in [0.1, 0.15) is 12.2 Å². The smallest absolute Gasteiger partial charge is 0.349 e. The number of alkyl halides is 3. The summed E-state index contributed by atoms with van der Waals surface area (Å²) in [7, 11) is 0. The second kappa shape index (κ2) is 9.64. The number of aryl methyl sites for hydroxylation is 1. The highest BCUT2D eigenvalue weighted by molar-refractivity contribution is 5.77. The molecule has 35 heavy (non-hydrogen) atoms. The zero-order chi connectivity index (χ0) is 24.6. The lowest BCUT2D eigenvalue weighted by atomic mass is 9.95. The van der Waals surface area contributed by atoms with Gasteiger partial charge in [-0.15, -0.1) is 0 Å². The van der Waals surface area contributed by atoms with Crippen LogP contribution in [0.3, 0.4) is 0 Å². The van der Waals surface area contributed by atoms with Crippen molar-refractivity contribution in [2.24, 2.45) is 0 Å². The van der Waals surface area contributed by atoms with Crippen LogP contribution in [0.2, 0.25) is 0 Å². The van der Waals surface area contributed by atoms with Gasteiger partial charge in [-0.25, -0.2) is 4.98 Å². The molecule has 1 amide bonds. The Morgan fingerprint density at radius 1 is 1.03 bits per heavy atom. The molecule has 5 nitrogen and oxygen atoms in total. The van der Waals surface area contributed by atoms with Crippen LogP contribution in [0.4, 0.5) is 13.2 Å². The highest BCUT2D eigenvalue weighted by Gasteiger charge is 2.42. The molecule has 2 aliphatic heterocycles. The van der Waals surface area contributed by atoms with Crippen molar-refractivity contribution in [1.29, 1.82) is 0 Å². The molecule has 0 spiro atoms. The molecule has 1 aromatic heterocycles. The Morgan fingerprint density at radius 3 is 2.37 bits per heavy atom. The molecule has 2 aromatic carbocycles. The van der Waals surface area contributed by atoms with Gasteiger partial charge < -0.3 is 9.88 Å². The Labute approximate surface area is 203 Å². The second-order valence-electron chi connectivity index (χ2n) is 9.88. The summed E-state index contributed by atoms with van der Waals surface area (Å²) in [6.45, 7) is 2.82. The van der Waals surface area contributed by atoms with Crippen LogP contribution in [0.25, 0.3) is 11.0 Å². The average molecular weight is 485 g/mol. The SMILES string of the molecule is Cc1nc2ccccc2n1C1C[C@H]2CC[C@@H](C1)N2CC[C@H](NC(=O)CC(F)(F)F)c1ccccc1. The van der Waals surface area contributed by atoms with Gasteiger partial charge >= 0.3 is 6.18 Å². The third kappa shape index (κ3) is 5.22. The predicted octanol–water partition coefficient (Wildman–Crippen LogP) is 5.71. The Morgan fingerprint density at radius 2 is 1.69 bits per heavy atom. The van der Waals surface area contributed by atoms with Gasteiger partial charge in [0.2, 0.25) is 5.91 Å². The minimum absolute atomic E-state index is 0.396. The lowest BCUT2D eigenvalue weighted by Crippen LogP contribution is -2.45. The van der Waals surface area contributed by atoms with Crippen molar-refractivity contribution in [3.05, 3.63) is 66.0 Å². The number of nitrogens with one attached hydrogen (secondary N) is 1. The number of carbonyl (C=O) groups excluding carboxylic acids is 1. The molecule has 2 aliphatic rings. The number of amides is 1. The number of hydrogen-bond donors (Lipinski definition) is 1. The Hall–Kier alpha value is -2.87. The van der Waals surface area contributed by atoms with E-state index in [-0.39, 0.29) is 0 Å². The van der Waals surface area contributed by atoms with Crippen LogP contribution < -0.4 is 5.32 Å². The molecule has 4 atom stereocenters. The summed E-state index contributed by atoms with van der Waals surface area (Å²) in [6.07, 6.45) is -1.06. The first kappa shape index (κ1) is 23.9. The molecule has 186 valence electrons. The Bertz CT molecular complexity index is 1160. The zero-order valence-electron chi connectivity index (χ0n) is 19.8. The lowest BCUT2D eigenvalue weighted by molar-refractivity contribution is -0.154. The van der Waals surface area contributed by atoms with Gasteiger partial charge in [-0.3, -0.25) is 9.69 Å². The van der Waals surface area contributed by atoms with Crippen molar-refractivity contribution < 1.29 is 18.0 Å². The van der Waals surface area contributed by atoms with E-state index in [0.29, 0.717) is 24.5 Å². The van der Waals surface area contributed by atoms with E-state index in [1.165, 1.54) is 5.52 Å². The van der Waals surface area contributed by atoms with Crippen LogP contribution in [-0.4, -0.2) is 45.2 Å². The van der Waals surface area contributed by atoms with Gasteiger partial charge in [-0.1, -0.05) is 42.5 Å². The highest BCUT2D eigenvalue weighted by atomic mass is 19.4. The predicted molar refractivity (Wildman–Crippen MR) is 129 cm³/mol. The van der Waals surface area contributed by atoms with Crippen LogP contribution in [0, 0.1) is 6.92 Å². The topological polar surface area (TPSA) is 50.2 Å². The van der Waals surface area contributed by atoms with E-state index in [1.54, 1.807) is 0 Å². The average Bonchev–Trinajstić information content (AvgIpc) is 3.26. The minimum atomic E-state index is -4.51. The molecule has 8 heteroatoms. The Balaban J connectivity index is 1.28. The van der Waals surface area contributed by atoms with E-state index in [1.807, 2.05) is 36.4 Å². The summed E-state index contributed by atoms with van der Waals surface area (Å²) in [6, 6.07) is 18.4. The number of nitrogens with zero attached hydrogens (tertiary/aromatic N) is 3. The first-order chi connectivity index (χ1) is 16.8. The maximum Gasteiger partial charge on any atom is 0.397 e. The largest absolute Gasteiger partial charge is 0.397 e. The van der Waals surface area contributed by atoms with E-state index < -0.39 is 24.5 Å². The number of rotatable bonds is 7. The quantitative estimate of drug-likeness (QED) is 0.467. The summed E-state index contributed by atoms with van der Waals surface area (Å²) < 4.78 is 40.6. The molecule has 2 saturated heterocycles. The number of imidazole rings is 1. The molecule has 3 aromatic rings. The van der Waals surface area contributed by atoms with Crippen molar-refractivity contribution in [2.45, 2.75) is 75.8 Å². The molecular weight excluding hydrogens is 453 g/mol. The molecule has 2 fully saturated rings. The monoisotopic (exact) mass is 484 g/mol. The van der Waals surface area contributed by atoms with Crippen LogP contribution in [-0.2, 0) is 4.79 Å². The van der Waals surface area contributed by atoms with Gasteiger partial charge in [0.25, 0.3) is 0 Å². The zero-order valence-corrected chi connectivity index (χ0v) is 19.8. The van der Waals surface area contributed by atoms with Crippen molar-refractivity contribution in [3.63, 3.8) is 0 Å². The number of piperidine rings is 1. The minimum Gasteiger partial charge on any atom is -0.349 e. The Kier molecular flexibility index (Phi) is 6.57. The van der Waals surface area contributed by atoms with E-state index in [4.69, 9.17) is 4.98 Å². The third-order valence-corrected chi connectivity index (χ3v) is 7.57. The van der Waals surface area contributed by atoms with E-state index in [9.17, 15) is 18.0 Å². The van der Waals surface area contributed by atoms with Crippen molar-refractivity contribution in [1.82, 2.24) is 19.8 Å². The van der Waals surface area contributed by atoms with Gasteiger partial charge in [0.05, 0.1) is 17.1 Å². The lowest BCUT2D eigenvalue weighted by Gasteiger charge is -2.40. The third-order valence-electron chi connectivity index (χ3n) is 7.57. The summed E-state index contributed by atoms with van der Waals surface area (Å²) in [5.74, 6) is 0.0658. The van der Waals surface area contributed by atoms with E-state index in [2.05, 4.69) is 39.9 Å². The molecule has 3 heterocycles. The number of benzene rings is 2. The van der Waals surface area contributed by atoms with Gasteiger partial charge in [0.15, 0.2) is 0 Å².